The first-order valence-corrected chi connectivity index (χ1v) is 25.2. The fourth-order valence-electron chi connectivity index (χ4n) is 8.74. The van der Waals surface area contributed by atoms with Gasteiger partial charge in [-0.3, -0.25) is 15.0 Å². The minimum Gasteiger partial charge on any atom is -0.397 e. The normalized spacial score (nSPS) is 13.5. The zero-order valence-corrected chi connectivity index (χ0v) is 43.2. The molecule has 4 N–H and O–H groups in total. The molecule has 0 amide bonds. The van der Waals surface area contributed by atoms with Crippen LogP contribution < -0.4 is 26.2 Å². The number of benzene rings is 2. The van der Waals surface area contributed by atoms with E-state index in [9.17, 15) is 8.78 Å². The first-order valence-electron chi connectivity index (χ1n) is 24.4. The Balaban J connectivity index is 0.000000177. The highest BCUT2D eigenvalue weighted by Gasteiger charge is 2.24. The summed E-state index contributed by atoms with van der Waals surface area (Å²) in [7, 11) is 0. The van der Waals surface area contributed by atoms with E-state index in [0.29, 0.717) is 106 Å². The minimum atomic E-state index is -0.717. The molecule has 2 saturated heterocycles. The van der Waals surface area contributed by atoms with E-state index in [4.69, 9.17) is 20.2 Å². The lowest BCUT2D eigenvalue weighted by atomic mass is 10.0. The van der Waals surface area contributed by atoms with E-state index < -0.39 is 23.3 Å². The van der Waals surface area contributed by atoms with Crippen molar-refractivity contribution in [1.29, 1.82) is 0 Å². The molecule has 2 aliphatic heterocycles. The molecule has 9 heterocycles. The Morgan fingerprint density at radius 1 is 0.600 bits per heavy atom. The summed E-state index contributed by atoms with van der Waals surface area (Å²) < 4.78 is 70.4. The Morgan fingerprint density at radius 3 is 1.56 bits per heavy atom. The highest BCUT2D eigenvalue weighted by molar-refractivity contribution is 9.10. The number of aromatic nitrogens is 7. The van der Waals surface area contributed by atoms with Gasteiger partial charge in [-0.2, -0.15) is 0 Å². The maximum absolute atomic E-state index is 15.4. The van der Waals surface area contributed by atoms with Crippen LogP contribution in [0.25, 0.3) is 55.7 Å². The SMILES string of the molecule is CCC.Cc1c(-c2ccccn2)nc2cc(F)cc(F)c2c1Nc1cc(N2CCOCC2)ncc1-c1cncc(N)c1.Cc1c(-c2ccccn2)nc2cc(F)cc(F)c2c1Nc1cc(N2CCOCC2)ncc1Br. The molecule has 2 aliphatic rings. The molecule has 0 unspecified atom stereocenters. The number of rotatable bonds is 9. The highest BCUT2D eigenvalue weighted by Crippen LogP contribution is 2.41. The summed E-state index contributed by atoms with van der Waals surface area (Å²) in [4.78, 5) is 35.7. The van der Waals surface area contributed by atoms with E-state index in [1.54, 1.807) is 55.4 Å². The van der Waals surface area contributed by atoms with Crippen molar-refractivity contribution < 1.29 is 27.0 Å². The quantitative estimate of drug-likeness (QED) is 0.117. The number of ether oxygens (including phenoxy) is 2. The van der Waals surface area contributed by atoms with Crippen LogP contribution in [0.5, 0.6) is 0 Å². The van der Waals surface area contributed by atoms with Crippen molar-refractivity contribution in [2.45, 2.75) is 34.1 Å². The van der Waals surface area contributed by atoms with Crippen LogP contribution in [0.1, 0.15) is 31.4 Å². The summed E-state index contributed by atoms with van der Waals surface area (Å²) in [5, 5.41) is 7.20. The van der Waals surface area contributed by atoms with Gasteiger partial charge in [0, 0.05) is 122 Å². The zero-order valence-electron chi connectivity index (χ0n) is 41.6. The molecule has 0 aliphatic carbocycles. The summed E-state index contributed by atoms with van der Waals surface area (Å²) in [6.45, 7) is 13.3. The number of nitrogens with one attached hydrogen (secondary N) is 2. The maximum atomic E-state index is 15.4. The summed E-state index contributed by atoms with van der Waals surface area (Å²) in [5.74, 6) is -1.27. The highest BCUT2D eigenvalue weighted by atomic mass is 79.9. The van der Waals surface area contributed by atoms with Crippen LogP contribution in [-0.2, 0) is 9.47 Å². The Hall–Kier alpha value is -7.87. The molecule has 0 bridgehead atoms. The zero-order chi connectivity index (χ0) is 52.6. The molecule has 2 aromatic carbocycles. The molecule has 0 saturated carbocycles. The molecule has 14 nitrogen and oxygen atoms in total. The van der Waals surface area contributed by atoms with Crippen molar-refractivity contribution in [3.63, 3.8) is 0 Å². The van der Waals surface area contributed by atoms with Gasteiger partial charge in [-0.15, -0.1) is 0 Å². The number of morpholine rings is 2. The van der Waals surface area contributed by atoms with Crippen LogP contribution in [0.2, 0.25) is 0 Å². The standard InChI is InChI=1S/C29H25F2N7O.C24H20BrF2N5O.C3H8/c1-17-28(23-4-2-3-5-34-23)37-25-12-19(30)11-22(31)27(25)29(17)36-24-13-26(38-6-8-39-9-7-38)35-16-21(24)18-10-20(32)15-33-14-18;1-14-23(18-4-2-3-5-28-18)31-20-11-15(26)10-17(27)22(20)24(14)30-19-12-21(29-13-16(19)25)32-6-8-33-9-7-32;1-3-2/h2-5,10-16H,6-9,32H2,1H3,(H,35,36,37);2-5,10-13H,6-9H2,1H3,(H,29,30,31);3H2,1-2H3. The van der Waals surface area contributed by atoms with Crippen molar-refractivity contribution in [2.24, 2.45) is 0 Å². The molecule has 11 rings (SSSR count). The Labute approximate surface area is 439 Å². The number of nitrogens with zero attached hydrogens (tertiary/aromatic N) is 9. The van der Waals surface area contributed by atoms with Crippen molar-refractivity contribution in [3.8, 4) is 33.9 Å². The summed E-state index contributed by atoms with van der Waals surface area (Å²) >= 11 is 3.54. The van der Waals surface area contributed by atoms with E-state index >= 15 is 8.78 Å². The first-order chi connectivity index (χ1) is 36.4. The molecule has 75 heavy (non-hydrogen) atoms. The Bertz CT molecular complexity index is 3480. The van der Waals surface area contributed by atoms with Crippen LogP contribution in [-0.4, -0.2) is 87.5 Å². The van der Waals surface area contributed by atoms with Crippen LogP contribution in [0.3, 0.4) is 0 Å². The molecule has 9 aromatic rings. The average molecular weight is 1080 g/mol. The molecule has 0 spiro atoms. The molecular weight excluding hydrogens is 1030 g/mol. The fraction of sp³-hybridized carbons (Fsp3) is 0.232. The lowest BCUT2D eigenvalue weighted by Crippen LogP contribution is -2.36. The fourth-order valence-corrected chi connectivity index (χ4v) is 9.05. The molecular formula is C56H53BrF4N12O2. The smallest absolute Gasteiger partial charge is 0.137 e. The second-order valence-corrected chi connectivity index (χ2v) is 18.5. The van der Waals surface area contributed by atoms with Gasteiger partial charge in [0.1, 0.15) is 34.9 Å². The average Bonchev–Trinajstić information content (AvgIpc) is 3.42. The summed E-state index contributed by atoms with van der Waals surface area (Å²) in [6.07, 6.45) is 11.3. The van der Waals surface area contributed by atoms with E-state index in [-0.39, 0.29) is 21.8 Å². The second kappa shape index (κ2) is 23.6. The monoisotopic (exact) mass is 1080 g/mol. The summed E-state index contributed by atoms with van der Waals surface area (Å²) in [6, 6.07) is 20.7. The number of hydrogen-bond acceptors (Lipinski definition) is 14. The number of nitrogens with two attached hydrogens (primary N) is 1. The number of anilines is 7. The van der Waals surface area contributed by atoms with Gasteiger partial charge in [0.05, 0.1) is 104 Å². The number of pyridine rings is 7. The number of fused-ring (bicyclic) bond motifs is 2. The van der Waals surface area contributed by atoms with E-state index in [0.717, 1.165) is 48.0 Å². The van der Waals surface area contributed by atoms with Crippen molar-refractivity contribution >= 4 is 77.8 Å². The molecule has 0 radical (unpaired) electrons. The van der Waals surface area contributed by atoms with Gasteiger partial charge in [0.15, 0.2) is 0 Å². The van der Waals surface area contributed by atoms with Gasteiger partial charge in [-0.05, 0) is 60.1 Å². The maximum Gasteiger partial charge on any atom is 0.137 e. The van der Waals surface area contributed by atoms with Crippen LogP contribution in [0.15, 0.2) is 121 Å². The van der Waals surface area contributed by atoms with E-state index in [1.165, 1.54) is 18.6 Å². The number of halogens is 5. The van der Waals surface area contributed by atoms with E-state index in [2.05, 4.69) is 80.1 Å². The van der Waals surface area contributed by atoms with Crippen LogP contribution in [0.4, 0.5) is 57.6 Å². The van der Waals surface area contributed by atoms with Gasteiger partial charge < -0.3 is 35.6 Å². The van der Waals surface area contributed by atoms with Gasteiger partial charge in [-0.1, -0.05) is 32.4 Å². The van der Waals surface area contributed by atoms with Gasteiger partial charge in [-0.25, -0.2) is 37.5 Å². The third-order valence-corrected chi connectivity index (χ3v) is 12.9. The molecule has 0 atom stereocenters. The second-order valence-electron chi connectivity index (χ2n) is 17.7. The predicted molar refractivity (Wildman–Crippen MR) is 292 cm³/mol. The first kappa shape index (κ1) is 52.0. The van der Waals surface area contributed by atoms with Crippen LogP contribution in [0, 0.1) is 37.1 Å². The van der Waals surface area contributed by atoms with Crippen molar-refractivity contribution in [3.05, 3.63) is 155 Å². The minimum absolute atomic E-state index is 0.176. The third kappa shape index (κ3) is 11.8. The Morgan fingerprint density at radius 2 is 1.08 bits per heavy atom. The summed E-state index contributed by atoms with van der Waals surface area (Å²) in [5.41, 5.74) is 14.3. The largest absolute Gasteiger partial charge is 0.397 e. The van der Waals surface area contributed by atoms with Gasteiger partial charge in [0.2, 0.25) is 0 Å². The molecule has 384 valence electrons. The van der Waals surface area contributed by atoms with Crippen molar-refractivity contribution in [2.75, 3.05) is 78.8 Å². The third-order valence-electron chi connectivity index (χ3n) is 12.3. The predicted octanol–water partition coefficient (Wildman–Crippen LogP) is 12.5. The van der Waals surface area contributed by atoms with Gasteiger partial charge in [0.25, 0.3) is 0 Å². The number of hydrogen-bond donors (Lipinski definition) is 3. The topological polar surface area (TPSA) is 165 Å². The molecule has 2 fully saturated rings. The van der Waals surface area contributed by atoms with Crippen LogP contribution >= 0.6 is 15.9 Å². The molecule has 19 heteroatoms. The Kier molecular flexibility index (Phi) is 16.3. The molecule has 7 aromatic heterocycles. The number of nitrogen functional groups attached to an aromatic ring is 1. The lowest BCUT2D eigenvalue weighted by molar-refractivity contribution is 0.122. The van der Waals surface area contributed by atoms with Gasteiger partial charge >= 0.3 is 0 Å². The lowest BCUT2D eigenvalue weighted by Gasteiger charge is -2.28. The van der Waals surface area contributed by atoms with Crippen molar-refractivity contribution in [1.82, 2.24) is 34.9 Å². The van der Waals surface area contributed by atoms with E-state index in [1.807, 2.05) is 50.2 Å².